The lowest BCUT2D eigenvalue weighted by Crippen LogP contribution is -2.18. The van der Waals surface area contributed by atoms with Gasteiger partial charge in [0.15, 0.2) is 0 Å². The highest BCUT2D eigenvalue weighted by molar-refractivity contribution is 5.39. The minimum atomic E-state index is -0.0604. The van der Waals surface area contributed by atoms with E-state index in [1.165, 1.54) is 11.3 Å². The summed E-state index contributed by atoms with van der Waals surface area (Å²) >= 11 is 0. The van der Waals surface area contributed by atoms with Gasteiger partial charge < -0.3 is 0 Å². The third-order valence-electron chi connectivity index (χ3n) is 4.19. The van der Waals surface area contributed by atoms with Crippen LogP contribution in [0.15, 0.2) is 18.5 Å². The zero-order valence-corrected chi connectivity index (χ0v) is 13.4. The van der Waals surface area contributed by atoms with E-state index in [2.05, 4.69) is 36.8 Å². The summed E-state index contributed by atoms with van der Waals surface area (Å²) in [4.78, 5) is 8.70. The van der Waals surface area contributed by atoms with Gasteiger partial charge in [-0.1, -0.05) is 20.8 Å². The first-order valence-electron chi connectivity index (χ1n) is 7.79. The molecule has 5 heteroatoms. The van der Waals surface area contributed by atoms with Crippen molar-refractivity contribution in [2.24, 2.45) is 0 Å². The molecule has 22 heavy (non-hydrogen) atoms. The van der Waals surface area contributed by atoms with Crippen LogP contribution in [0.3, 0.4) is 0 Å². The average molecular weight is 295 g/mol. The van der Waals surface area contributed by atoms with E-state index in [0.717, 1.165) is 25.0 Å². The molecule has 2 heterocycles. The van der Waals surface area contributed by atoms with Gasteiger partial charge >= 0.3 is 0 Å². The average Bonchev–Trinajstić information content (AvgIpc) is 2.89. The smallest absolute Gasteiger partial charge is 0.220 e. The van der Waals surface area contributed by atoms with Crippen molar-refractivity contribution in [3.05, 3.63) is 35.4 Å². The van der Waals surface area contributed by atoms with Gasteiger partial charge in [-0.05, 0) is 25.3 Å². The predicted octanol–water partition coefficient (Wildman–Crippen LogP) is 3.29. The molecule has 0 spiro atoms. The third kappa shape index (κ3) is 2.50. The van der Waals surface area contributed by atoms with Gasteiger partial charge in [0.05, 0.1) is 17.5 Å². The van der Waals surface area contributed by atoms with Crippen molar-refractivity contribution in [1.29, 1.82) is 5.26 Å². The van der Waals surface area contributed by atoms with E-state index in [4.69, 9.17) is 10.4 Å². The van der Waals surface area contributed by atoms with Crippen molar-refractivity contribution < 1.29 is 0 Å². The maximum atomic E-state index is 9.16. The summed E-state index contributed by atoms with van der Waals surface area (Å²) < 4.78 is 1.89. The molecule has 114 valence electrons. The van der Waals surface area contributed by atoms with Gasteiger partial charge in [0, 0.05) is 35.7 Å². The Morgan fingerprint density at radius 1 is 1.32 bits per heavy atom. The first-order valence-corrected chi connectivity index (χ1v) is 7.79. The molecular formula is C17H21N5. The molecule has 0 amide bonds. The van der Waals surface area contributed by atoms with Crippen LogP contribution in [0.5, 0.6) is 0 Å². The van der Waals surface area contributed by atoms with Gasteiger partial charge in [0.1, 0.15) is 0 Å². The second-order valence-corrected chi connectivity index (χ2v) is 6.87. The molecule has 1 atom stereocenters. The fraction of sp³-hybridized carbons (Fsp3) is 0.529. The minimum absolute atomic E-state index is 0.0604. The molecule has 2 aromatic rings. The van der Waals surface area contributed by atoms with Crippen LogP contribution in [0, 0.1) is 11.3 Å². The van der Waals surface area contributed by atoms with Crippen LogP contribution >= 0.6 is 0 Å². The number of fused-ring (bicyclic) bond motifs is 1. The summed E-state index contributed by atoms with van der Waals surface area (Å²) in [6.07, 6.45) is 7.15. The summed E-state index contributed by atoms with van der Waals surface area (Å²) in [6.45, 7) is 6.51. The van der Waals surface area contributed by atoms with Gasteiger partial charge in [-0.2, -0.15) is 10.4 Å². The van der Waals surface area contributed by atoms with Crippen LogP contribution in [-0.2, 0) is 11.8 Å². The van der Waals surface area contributed by atoms with Crippen LogP contribution in [0.4, 0.5) is 0 Å². The largest absolute Gasteiger partial charge is 0.250 e. The minimum Gasteiger partial charge on any atom is -0.220 e. The lowest BCUT2D eigenvalue weighted by molar-refractivity contribution is 0.520. The van der Waals surface area contributed by atoms with E-state index in [-0.39, 0.29) is 11.3 Å². The Morgan fingerprint density at radius 2 is 2.05 bits per heavy atom. The Hall–Kier alpha value is -2.22. The fourth-order valence-corrected chi connectivity index (χ4v) is 3.23. The zero-order valence-electron chi connectivity index (χ0n) is 13.4. The number of nitrogens with zero attached hydrogens (tertiary/aromatic N) is 5. The van der Waals surface area contributed by atoms with Gasteiger partial charge in [0.2, 0.25) is 0 Å². The highest BCUT2D eigenvalue weighted by Crippen LogP contribution is 2.40. The van der Waals surface area contributed by atoms with Crippen LogP contribution in [0.25, 0.3) is 5.95 Å². The van der Waals surface area contributed by atoms with Crippen LogP contribution in [0.2, 0.25) is 0 Å². The van der Waals surface area contributed by atoms with Crippen LogP contribution in [0.1, 0.15) is 62.9 Å². The summed E-state index contributed by atoms with van der Waals surface area (Å²) in [5.41, 5.74) is 3.46. The Morgan fingerprint density at radius 3 is 2.68 bits per heavy atom. The van der Waals surface area contributed by atoms with Gasteiger partial charge in [-0.25, -0.2) is 14.6 Å². The maximum absolute atomic E-state index is 9.16. The highest BCUT2D eigenvalue weighted by Gasteiger charge is 2.33. The Labute approximate surface area is 131 Å². The van der Waals surface area contributed by atoms with Crippen molar-refractivity contribution in [2.75, 3.05) is 0 Å². The van der Waals surface area contributed by atoms with Crippen molar-refractivity contribution >= 4 is 0 Å². The number of hydrogen-bond acceptors (Lipinski definition) is 4. The highest BCUT2D eigenvalue weighted by atomic mass is 15.4. The van der Waals surface area contributed by atoms with Crippen molar-refractivity contribution in [3.63, 3.8) is 0 Å². The molecular weight excluding hydrogens is 274 g/mol. The van der Waals surface area contributed by atoms with E-state index in [0.29, 0.717) is 12.4 Å². The quantitative estimate of drug-likeness (QED) is 0.852. The summed E-state index contributed by atoms with van der Waals surface area (Å²) in [7, 11) is 0. The maximum Gasteiger partial charge on any atom is 0.250 e. The fourth-order valence-electron chi connectivity index (χ4n) is 3.23. The second kappa shape index (κ2) is 5.53. The molecule has 0 saturated carbocycles. The summed E-state index contributed by atoms with van der Waals surface area (Å²) in [5, 5.41) is 14.0. The molecule has 1 aliphatic carbocycles. The molecule has 1 unspecified atom stereocenters. The molecule has 1 aliphatic rings. The van der Waals surface area contributed by atoms with Crippen molar-refractivity contribution in [2.45, 2.75) is 57.8 Å². The molecule has 2 aromatic heterocycles. The van der Waals surface area contributed by atoms with Crippen LogP contribution in [-0.4, -0.2) is 19.7 Å². The number of aromatic nitrogens is 4. The molecule has 5 nitrogen and oxygen atoms in total. The van der Waals surface area contributed by atoms with Crippen molar-refractivity contribution in [1.82, 2.24) is 19.7 Å². The Balaban J connectivity index is 2.21. The summed E-state index contributed by atoms with van der Waals surface area (Å²) in [5.74, 6) is 0.896. The standard InChI is InChI=1S/C17H21N5/c1-17(2,3)15-14-12(8-9-18)6-4-7-13(14)22(21-15)16-19-10-5-11-20-16/h5,10-12H,4,6-8H2,1-3H3. The van der Waals surface area contributed by atoms with E-state index >= 15 is 0 Å². The summed E-state index contributed by atoms with van der Waals surface area (Å²) in [6, 6.07) is 4.15. The van der Waals surface area contributed by atoms with Gasteiger partial charge in [-0.15, -0.1) is 0 Å². The molecule has 0 N–H and O–H groups in total. The number of nitriles is 1. The first kappa shape index (κ1) is 14.7. The van der Waals surface area contributed by atoms with E-state index < -0.39 is 0 Å². The lowest BCUT2D eigenvalue weighted by atomic mass is 9.78. The second-order valence-electron chi connectivity index (χ2n) is 6.87. The zero-order chi connectivity index (χ0) is 15.7. The van der Waals surface area contributed by atoms with E-state index in [1.54, 1.807) is 12.4 Å². The third-order valence-corrected chi connectivity index (χ3v) is 4.19. The molecule has 0 aromatic carbocycles. The topological polar surface area (TPSA) is 67.4 Å². The van der Waals surface area contributed by atoms with Gasteiger partial charge in [-0.3, -0.25) is 0 Å². The number of hydrogen-bond donors (Lipinski definition) is 0. The lowest BCUT2D eigenvalue weighted by Gasteiger charge is -2.25. The molecule has 0 aliphatic heterocycles. The first-order chi connectivity index (χ1) is 10.5. The van der Waals surface area contributed by atoms with Crippen molar-refractivity contribution in [3.8, 4) is 12.0 Å². The number of rotatable bonds is 2. The van der Waals surface area contributed by atoms with E-state index in [1.807, 2.05) is 10.7 Å². The Bertz CT molecular complexity index is 703. The molecule has 3 rings (SSSR count). The van der Waals surface area contributed by atoms with Crippen LogP contribution < -0.4 is 0 Å². The molecule has 0 fully saturated rings. The molecule has 0 saturated heterocycles. The van der Waals surface area contributed by atoms with E-state index in [9.17, 15) is 0 Å². The molecule has 0 bridgehead atoms. The van der Waals surface area contributed by atoms with Gasteiger partial charge in [0.25, 0.3) is 5.95 Å². The monoisotopic (exact) mass is 295 g/mol. The SMILES string of the molecule is CC(C)(C)c1nn(-c2ncccn2)c2c1C(CC#N)CCC2. The predicted molar refractivity (Wildman–Crippen MR) is 83.8 cm³/mol. The Kier molecular flexibility index (Phi) is 3.69. The normalized spacial score (nSPS) is 17.8. The molecule has 0 radical (unpaired) electrons.